The lowest BCUT2D eigenvalue weighted by Crippen LogP contribution is -2.41. The highest BCUT2D eigenvalue weighted by atomic mass is 19.1. The number of piperidine rings is 1. The van der Waals surface area contributed by atoms with E-state index in [1.807, 2.05) is 28.8 Å². The number of carbonyl (C=O) groups is 2. The number of H-pyrrole nitrogens is 1. The van der Waals surface area contributed by atoms with Gasteiger partial charge in [0.1, 0.15) is 5.82 Å². The van der Waals surface area contributed by atoms with Crippen LogP contribution in [0.3, 0.4) is 0 Å². The Labute approximate surface area is 184 Å². The molecule has 3 N–H and O–H groups in total. The van der Waals surface area contributed by atoms with Crippen molar-refractivity contribution in [1.29, 1.82) is 0 Å². The van der Waals surface area contributed by atoms with Crippen LogP contribution in [0.4, 0.5) is 10.1 Å². The zero-order chi connectivity index (χ0) is 22.7. The zero-order valence-corrected chi connectivity index (χ0v) is 17.9. The van der Waals surface area contributed by atoms with Gasteiger partial charge in [0.25, 0.3) is 5.91 Å². The Hall–Kier alpha value is -3.46. The number of amides is 2. The quantitative estimate of drug-likeness (QED) is 0.550. The lowest BCUT2D eigenvalue weighted by atomic mass is 10.0. The van der Waals surface area contributed by atoms with Crippen LogP contribution in [0.5, 0.6) is 0 Å². The lowest BCUT2D eigenvalue weighted by Gasteiger charge is -2.32. The van der Waals surface area contributed by atoms with Gasteiger partial charge in [0.05, 0.1) is 22.3 Å². The van der Waals surface area contributed by atoms with Crippen molar-refractivity contribution in [3.8, 4) is 0 Å². The van der Waals surface area contributed by atoms with Crippen LogP contribution in [0.25, 0.3) is 11.0 Å². The van der Waals surface area contributed by atoms with Gasteiger partial charge in [-0.05, 0) is 43.2 Å². The number of hydrogen-bond donors (Lipinski definition) is 3. The van der Waals surface area contributed by atoms with Gasteiger partial charge in [0.15, 0.2) is 0 Å². The molecule has 4 rings (SSSR count). The maximum absolute atomic E-state index is 13.5. The minimum absolute atomic E-state index is 0.0776. The molecule has 2 aromatic carbocycles. The number of hydrogen-bond acceptors (Lipinski definition) is 4. The summed E-state index contributed by atoms with van der Waals surface area (Å²) in [5.41, 5.74) is 2.07. The molecule has 0 atom stereocenters. The van der Waals surface area contributed by atoms with Gasteiger partial charge in [-0.15, -0.1) is 0 Å². The van der Waals surface area contributed by atoms with E-state index in [4.69, 9.17) is 0 Å². The molecule has 0 radical (unpaired) electrons. The molecule has 2 heterocycles. The molecule has 1 aromatic heterocycles. The van der Waals surface area contributed by atoms with E-state index in [2.05, 4.69) is 20.5 Å². The Balaban J connectivity index is 1.30. The van der Waals surface area contributed by atoms with Crippen molar-refractivity contribution in [3.63, 3.8) is 0 Å². The number of carbonyl (C=O) groups excluding carboxylic acids is 2. The number of imidazole rings is 1. The summed E-state index contributed by atoms with van der Waals surface area (Å²) in [7, 11) is 0. The van der Waals surface area contributed by atoms with Gasteiger partial charge in [-0.2, -0.15) is 0 Å². The average Bonchev–Trinajstić information content (AvgIpc) is 3.09. The van der Waals surface area contributed by atoms with Crippen LogP contribution in [0, 0.1) is 5.82 Å². The Morgan fingerprint density at radius 2 is 1.91 bits per heavy atom. The first-order valence-electron chi connectivity index (χ1n) is 10.7. The molecule has 1 aliphatic rings. The number of aromatic amines is 1. The standard InChI is InChI=1S/C23H26FN5O3/c1-15(30)26-20-14-16(24)6-7-18(20)22(31)25-10-13-28-11-8-17(9-12-28)29-21-5-3-2-4-19(21)27-23(29)32/h2-7,14,17H,8-13H2,1H3,(H,25,31)(H,26,30)(H,27,32). The number of likely N-dealkylation sites (tertiary alicyclic amines) is 1. The molecule has 0 unspecified atom stereocenters. The summed E-state index contributed by atoms with van der Waals surface area (Å²) in [6.07, 6.45) is 1.70. The molecule has 0 spiro atoms. The number of aromatic nitrogens is 2. The minimum Gasteiger partial charge on any atom is -0.351 e. The second-order valence-corrected chi connectivity index (χ2v) is 8.02. The Kier molecular flexibility index (Phi) is 6.36. The molecule has 1 saturated heterocycles. The normalized spacial score (nSPS) is 15.1. The summed E-state index contributed by atoms with van der Waals surface area (Å²) in [6.45, 7) is 4.03. The third kappa shape index (κ3) is 4.72. The average molecular weight is 439 g/mol. The van der Waals surface area contributed by atoms with Gasteiger partial charge in [0.2, 0.25) is 5.91 Å². The van der Waals surface area contributed by atoms with Crippen molar-refractivity contribution in [1.82, 2.24) is 19.8 Å². The van der Waals surface area contributed by atoms with E-state index < -0.39 is 5.82 Å². The fraction of sp³-hybridized carbons (Fsp3) is 0.348. The second-order valence-electron chi connectivity index (χ2n) is 8.02. The molecular weight excluding hydrogens is 413 g/mol. The number of para-hydroxylation sites is 2. The molecule has 9 heteroatoms. The van der Waals surface area contributed by atoms with Gasteiger partial charge in [-0.1, -0.05) is 12.1 Å². The van der Waals surface area contributed by atoms with Gasteiger partial charge >= 0.3 is 5.69 Å². The summed E-state index contributed by atoms with van der Waals surface area (Å²) in [5.74, 6) is -1.27. The number of nitrogens with zero attached hydrogens (tertiary/aromatic N) is 2. The van der Waals surface area contributed by atoms with Crippen LogP contribution in [-0.2, 0) is 4.79 Å². The Bertz CT molecular complexity index is 1190. The van der Waals surface area contributed by atoms with Crippen LogP contribution in [0.1, 0.15) is 36.2 Å². The molecular formula is C23H26FN5O3. The minimum atomic E-state index is -0.525. The molecule has 0 aliphatic carbocycles. The highest BCUT2D eigenvalue weighted by Crippen LogP contribution is 2.24. The highest BCUT2D eigenvalue weighted by molar-refractivity contribution is 6.03. The Morgan fingerprint density at radius 3 is 2.66 bits per heavy atom. The maximum atomic E-state index is 13.5. The fourth-order valence-corrected chi connectivity index (χ4v) is 4.27. The Morgan fingerprint density at radius 1 is 1.16 bits per heavy atom. The van der Waals surface area contributed by atoms with Crippen molar-refractivity contribution in [2.75, 3.05) is 31.5 Å². The molecule has 1 fully saturated rings. The molecule has 2 amide bonds. The SMILES string of the molecule is CC(=O)Nc1cc(F)ccc1C(=O)NCCN1CCC(n2c(=O)[nH]c3ccccc32)CC1. The summed E-state index contributed by atoms with van der Waals surface area (Å²) in [4.78, 5) is 41.4. The van der Waals surface area contributed by atoms with Crippen LogP contribution in [0.15, 0.2) is 47.3 Å². The van der Waals surface area contributed by atoms with E-state index in [-0.39, 0.29) is 34.8 Å². The lowest BCUT2D eigenvalue weighted by molar-refractivity contribution is -0.114. The molecule has 0 bridgehead atoms. The van der Waals surface area contributed by atoms with E-state index in [1.54, 1.807) is 0 Å². The topological polar surface area (TPSA) is 99.2 Å². The van der Waals surface area contributed by atoms with Crippen molar-refractivity contribution in [2.24, 2.45) is 0 Å². The zero-order valence-electron chi connectivity index (χ0n) is 17.9. The maximum Gasteiger partial charge on any atom is 0.326 e. The summed E-state index contributed by atoms with van der Waals surface area (Å²) >= 11 is 0. The van der Waals surface area contributed by atoms with Crippen molar-refractivity contribution in [2.45, 2.75) is 25.8 Å². The van der Waals surface area contributed by atoms with E-state index in [1.165, 1.54) is 19.1 Å². The predicted molar refractivity (Wildman–Crippen MR) is 120 cm³/mol. The van der Waals surface area contributed by atoms with Crippen molar-refractivity contribution < 1.29 is 14.0 Å². The van der Waals surface area contributed by atoms with Crippen molar-refractivity contribution >= 4 is 28.5 Å². The van der Waals surface area contributed by atoms with Crippen LogP contribution >= 0.6 is 0 Å². The highest BCUT2D eigenvalue weighted by Gasteiger charge is 2.23. The molecule has 1 aliphatic heterocycles. The van der Waals surface area contributed by atoms with E-state index >= 15 is 0 Å². The van der Waals surface area contributed by atoms with Crippen molar-refractivity contribution in [3.05, 3.63) is 64.3 Å². The van der Waals surface area contributed by atoms with Crippen LogP contribution in [-0.4, -0.2) is 52.4 Å². The smallest absolute Gasteiger partial charge is 0.326 e. The third-order valence-electron chi connectivity index (χ3n) is 5.80. The van der Waals surface area contributed by atoms with E-state index in [0.29, 0.717) is 13.1 Å². The summed E-state index contributed by atoms with van der Waals surface area (Å²) < 4.78 is 15.3. The first kappa shape index (κ1) is 21.8. The second kappa shape index (κ2) is 9.35. The summed E-state index contributed by atoms with van der Waals surface area (Å²) in [5, 5.41) is 5.33. The van der Waals surface area contributed by atoms with Gasteiger partial charge in [-0.3, -0.25) is 14.2 Å². The van der Waals surface area contributed by atoms with Gasteiger partial charge < -0.3 is 20.5 Å². The monoisotopic (exact) mass is 439 g/mol. The first-order valence-corrected chi connectivity index (χ1v) is 10.7. The van der Waals surface area contributed by atoms with E-state index in [9.17, 15) is 18.8 Å². The van der Waals surface area contributed by atoms with Crippen LogP contribution < -0.4 is 16.3 Å². The fourth-order valence-electron chi connectivity index (χ4n) is 4.27. The molecule has 3 aromatic rings. The number of halogens is 1. The largest absolute Gasteiger partial charge is 0.351 e. The molecule has 8 nitrogen and oxygen atoms in total. The predicted octanol–water partition coefficient (Wildman–Crippen LogP) is 2.49. The molecule has 168 valence electrons. The van der Waals surface area contributed by atoms with Gasteiger partial charge in [0, 0.05) is 39.1 Å². The van der Waals surface area contributed by atoms with E-state index in [0.717, 1.165) is 43.0 Å². The number of anilines is 1. The number of nitrogens with one attached hydrogen (secondary N) is 3. The third-order valence-corrected chi connectivity index (χ3v) is 5.80. The number of fused-ring (bicyclic) bond motifs is 1. The molecule has 32 heavy (non-hydrogen) atoms. The first-order chi connectivity index (χ1) is 15.4. The number of rotatable bonds is 6. The van der Waals surface area contributed by atoms with Crippen LogP contribution in [0.2, 0.25) is 0 Å². The van der Waals surface area contributed by atoms with Gasteiger partial charge in [-0.25, -0.2) is 9.18 Å². The number of benzene rings is 2. The molecule has 0 saturated carbocycles. The summed E-state index contributed by atoms with van der Waals surface area (Å²) in [6, 6.07) is 11.5.